The van der Waals surface area contributed by atoms with Gasteiger partial charge < -0.3 is 10.6 Å². The van der Waals surface area contributed by atoms with Crippen LogP contribution in [0.15, 0.2) is 24.3 Å². The molecule has 0 radical (unpaired) electrons. The Labute approximate surface area is 357 Å². The Balaban J connectivity index is 0.000000487. The van der Waals surface area contributed by atoms with Gasteiger partial charge in [-0.05, 0) is 58.8 Å². The molecule has 2 N–H and O–H groups in total. The average molecular weight is 845 g/mol. The van der Waals surface area contributed by atoms with Crippen LogP contribution >= 0.6 is 23.5 Å². The van der Waals surface area contributed by atoms with Crippen molar-refractivity contribution in [2.45, 2.75) is 167 Å². The molecule has 0 bridgehead atoms. The van der Waals surface area contributed by atoms with E-state index in [0.29, 0.717) is 29.8 Å². The Bertz CT molecular complexity index is 1530. The zero-order chi connectivity index (χ0) is 43.7. The number of unbranched alkanes of at least 4 members (excludes halogenated alkanes) is 3. The van der Waals surface area contributed by atoms with Gasteiger partial charge in [-0.15, -0.1) is 23.5 Å². The van der Waals surface area contributed by atoms with E-state index in [2.05, 4.69) is 52.2 Å². The van der Waals surface area contributed by atoms with Crippen molar-refractivity contribution in [3.63, 3.8) is 0 Å². The lowest BCUT2D eigenvalue weighted by molar-refractivity contribution is -0.140. The molecule has 3 rings (SSSR count). The number of carbonyl (C=O) groups excluding carboxylic acids is 7. The Morgan fingerprint density at radius 1 is 0.690 bits per heavy atom. The Morgan fingerprint density at radius 3 is 1.69 bits per heavy atom. The van der Waals surface area contributed by atoms with Crippen molar-refractivity contribution in [2.75, 3.05) is 18.4 Å². The molecule has 4 atom stereocenters. The van der Waals surface area contributed by atoms with Gasteiger partial charge >= 0.3 is 0 Å². The highest BCUT2D eigenvalue weighted by Crippen LogP contribution is 2.29. The van der Waals surface area contributed by atoms with Crippen LogP contribution in [0.1, 0.15) is 140 Å². The highest BCUT2D eigenvalue weighted by atomic mass is 32.2. The van der Waals surface area contributed by atoms with Gasteiger partial charge in [0.25, 0.3) is 0 Å². The summed E-state index contributed by atoms with van der Waals surface area (Å²) in [5.74, 6) is -0.813. The number of carbonyl (C=O) groups is 7. The molecule has 0 spiro atoms. The molecule has 2 saturated heterocycles. The predicted octanol–water partition coefficient (Wildman–Crippen LogP) is 8.08. The summed E-state index contributed by atoms with van der Waals surface area (Å²) >= 11 is 3.07. The maximum atomic E-state index is 13.0. The van der Waals surface area contributed by atoms with E-state index < -0.39 is 23.1 Å². The van der Waals surface area contributed by atoms with Crippen molar-refractivity contribution in [1.82, 2.24) is 15.1 Å². The molecule has 2 unspecified atom stereocenters. The third-order valence-electron chi connectivity index (χ3n) is 9.90. The van der Waals surface area contributed by atoms with E-state index in [1.54, 1.807) is 18.7 Å². The van der Waals surface area contributed by atoms with Crippen LogP contribution in [0.2, 0.25) is 0 Å². The van der Waals surface area contributed by atoms with Gasteiger partial charge in [0.2, 0.25) is 35.4 Å². The molecule has 0 saturated carbocycles. The Kier molecular flexibility index (Phi) is 22.3. The largest absolute Gasteiger partial charge is 0.346 e. The van der Waals surface area contributed by atoms with E-state index in [-0.39, 0.29) is 77.5 Å². The number of anilines is 1. The number of amides is 6. The van der Waals surface area contributed by atoms with Gasteiger partial charge in [0.05, 0.1) is 16.5 Å². The van der Waals surface area contributed by atoms with Crippen LogP contribution in [0.3, 0.4) is 0 Å². The minimum atomic E-state index is -0.762. The maximum absolute atomic E-state index is 13.0. The summed E-state index contributed by atoms with van der Waals surface area (Å²) < 4.78 is 0. The number of Topliss-reactive ketones (excluding diaryl/α,β-unsaturated/α-hetero) is 1. The van der Waals surface area contributed by atoms with Gasteiger partial charge in [0.1, 0.15) is 0 Å². The molecule has 2 aliphatic heterocycles. The van der Waals surface area contributed by atoms with Gasteiger partial charge in [0.15, 0.2) is 5.78 Å². The topological polar surface area (TPSA) is 150 Å². The second-order valence-electron chi connectivity index (χ2n) is 17.5. The van der Waals surface area contributed by atoms with E-state index in [0.717, 1.165) is 30.1 Å². The fourth-order valence-electron chi connectivity index (χ4n) is 6.88. The maximum Gasteiger partial charge on any atom is 0.242 e. The number of thioether (sulfide) groups is 2. The first-order chi connectivity index (χ1) is 27.2. The second kappa shape index (κ2) is 25.4. The zero-order valence-corrected chi connectivity index (χ0v) is 38.7. The molecule has 2 heterocycles. The molecular formula is C45H72N4O7S2. The first kappa shape index (κ1) is 51.0. The van der Waals surface area contributed by atoms with E-state index in [1.807, 2.05) is 52.0 Å². The summed E-state index contributed by atoms with van der Waals surface area (Å²) in [6, 6.07) is 6.94. The van der Waals surface area contributed by atoms with Gasteiger partial charge in [-0.3, -0.25) is 43.4 Å². The Hall–Kier alpha value is -3.19. The summed E-state index contributed by atoms with van der Waals surface area (Å²) in [7, 11) is 0. The normalized spacial score (nSPS) is 18.1. The van der Waals surface area contributed by atoms with Crippen LogP contribution in [0.5, 0.6) is 0 Å². The van der Waals surface area contributed by atoms with E-state index in [4.69, 9.17) is 0 Å². The average Bonchev–Trinajstić information content (AvgIpc) is 3.54. The standard InChI is InChI=1S/C29H43N3O5S.C16H29NO2S/c1-17(2)14-21-8-10-22(11-9-21)30-28(36)20(7)15-23(33)27(18(3)4)31-25(34)12-13-32-26(35)16-24(29(32)37)38-19(5)6;1-12(2)9-7-5-6-8-10-17-15(18)11-14(16(17)19)20-13(3)4/h8-11,17-20,24,27H,12-16H2,1-7H3,(H,30,36)(H,31,34);12-14H,5-11H2,1-4H3/t20-,24?,27+;/m1./s1. The fraction of sp³-hybridized carbons (Fsp3) is 0.711. The van der Waals surface area contributed by atoms with Crippen LogP contribution in [0.25, 0.3) is 0 Å². The van der Waals surface area contributed by atoms with Crippen LogP contribution in [-0.2, 0) is 40.0 Å². The van der Waals surface area contributed by atoms with Crippen LogP contribution in [-0.4, -0.2) is 91.2 Å². The lowest BCUT2D eigenvalue weighted by Crippen LogP contribution is -2.46. The number of ketones is 1. The molecule has 1 aromatic carbocycles. The van der Waals surface area contributed by atoms with Crippen LogP contribution in [0.4, 0.5) is 5.69 Å². The number of nitrogens with one attached hydrogen (secondary N) is 2. The minimum absolute atomic E-state index is 0.00751. The first-order valence-corrected chi connectivity index (χ1v) is 23.3. The fourth-order valence-corrected chi connectivity index (χ4v) is 9.16. The van der Waals surface area contributed by atoms with Crippen LogP contribution < -0.4 is 10.6 Å². The summed E-state index contributed by atoms with van der Waals surface area (Å²) in [6.07, 6.45) is 7.23. The summed E-state index contributed by atoms with van der Waals surface area (Å²) in [5, 5.41) is 5.69. The van der Waals surface area contributed by atoms with Gasteiger partial charge in [0, 0.05) is 50.4 Å². The molecule has 326 valence electrons. The molecule has 11 nitrogen and oxygen atoms in total. The number of nitrogens with zero attached hydrogens (tertiary/aromatic N) is 2. The Morgan fingerprint density at radius 2 is 1.21 bits per heavy atom. The molecule has 6 amide bonds. The second-order valence-corrected chi connectivity index (χ2v) is 21.1. The monoisotopic (exact) mass is 844 g/mol. The lowest BCUT2D eigenvalue weighted by Gasteiger charge is -2.23. The van der Waals surface area contributed by atoms with Crippen molar-refractivity contribution in [1.29, 1.82) is 0 Å². The van der Waals surface area contributed by atoms with Crippen molar-refractivity contribution < 1.29 is 33.6 Å². The molecule has 0 aromatic heterocycles. The predicted molar refractivity (Wildman–Crippen MR) is 237 cm³/mol. The molecule has 2 aliphatic rings. The molecule has 58 heavy (non-hydrogen) atoms. The third kappa shape index (κ3) is 18.0. The molecule has 13 heteroatoms. The highest BCUT2D eigenvalue weighted by Gasteiger charge is 2.40. The van der Waals surface area contributed by atoms with Crippen molar-refractivity contribution in [3.8, 4) is 0 Å². The highest BCUT2D eigenvalue weighted by molar-refractivity contribution is 8.01. The lowest BCUT2D eigenvalue weighted by atomic mass is 9.92. The molecule has 1 aromatic rings. The van der Waals surface area contributed by atoms with Gasteiger partial charge in [-0.2, -0.15) is 0 Å². The summed E-state index contributed by atoms with van der Waals surface area (Å²) in [4.78, 5) is 89.9. The number of hydrogen-bond acceptors (Lipinski definition) is 9. The van der Waals surface area contributed by atoms with Crippen molar-refractivity contribution in [3.05, 3.63) is 29.8 Å². The summed E-state index contributed by atoms with van der Waals surface area (Å²) in [6.45, 7) is 22.8. The van der Waals surface area contributed by atoms with Crippen LogP contribution in [0, 0.1) is 23.7 Å². The van der Waals surface area contributed by atoms with E-state index in [1.165, 1.54) is 41.5 Å². The smallest absolute Gasteiger partial charge is 0.242 e. The quantitative estimate of drug-likeness (QED) is 0.0824. The van der Waals surface area contributed by atoms with Crippen molar-refractivity contribution >= 4 is 70.4 Å². The SMILES string of the molecule is CC(C)CCCCCCN1C(=O)CC(SC(C)C)C1=O.CC(C)Cc1ccc(NC(=O)[C@H](C)CC(=O)[C@@H](NC(=O)CCN2C(=O)CC(SC(C)C)C2=O)C(C)C)cc1. The molecule has 0 aliphatic carbocycles. The number of likely N-dealkylation sites (tertiary alicyclic amines) is 2. The summed E-state index contributed by atoms with van der Waals surface area (Å²) in [5.41, 5.74) is 1.88. The van der Waals surface area contributed by atoms with Gasteiger partial charge in [-0.1, -0.05) is 114 Å². The van der Waals surface area contributed by atoms with E-state index >= 15 is 0 Å². The minimum Gasteiger partial charge on any atom is -0.346 e. The van der Waals surface area contributed by atoms with Gasteiger partial charge in [-0.25, -0.2) is 0 Å². The zero-order valence-electron chi connectivity index (χ0n) is 37.1. The number of imide groups is 2. The van der Waals surface area contributed by atoms with Crippen molar-refractivity contribution in [2.24, 2.45) is 23.7 Å². The third-order valence-corrected chi connectivity index (χ3v) is 12.4. The van der Waals surface area contributed by atoms with E-state index in [9.17, 15) is 33.6 Å². The molecular weight excluding hydrogens is 773 g/mol. The number of rotatable bonds is 23. The number of benzene rings is 1. The number of hydrogen-bond donors (Lipinski definition) is 2. The first-order valence-electron chi connectivity index (χ1n) is 21.4. The molecule has 2 fully saturated rings.